The number of ketones is 1. The lowest BCUT2D eigenvalue weighted by Gasteiger charge is -2.14. The van der Waals surface area contributed by atoms with E-state index in [1.807, 2.05) is 24.3 Å². The van der Waals surface area contributed by atoms with Gasteiger partial charge >= 0.3 is 0 Å². The maximum absolute atomic E-state index is 12.9. The van der Waals surface area contributed by atoms with E-state index in [-0.39, 0.29) is 30.6 Å². The molecular weight excluding hydrogens is 331 g/mol. The molecule has 0 aliphatic carbocycles. The Bertz CT molecular complexity index is 740. The number of hydrogen-bond donors (Lipinski definition) is 2. The number of Topliss-reactive ketones (excluding diaryl/α,β-unsaturated/α-hetero) is 1. The van der Waals surface area contributed by atoms with E-state index in [0.717, 1.165) is 5.56 Å². The van der Waals surface area contributed by atoms with E-state index < -0.39 is 5.82 Å². The van der Waals surface area contributed by atoms with E-state index in [2.05, 4.69) is 19.2 Å². The van der Waals surface area contributed by atoms with Crippen LogP contribution < -0.4 is 11.1 Å². The van der Waals surface area contributed by atoms with Gasteiger partial charge in [-0.1, -0.05) is 38.1 Å². The van der Waals surface area contributed by atoms with Gasteiger partial charge in [-0.3, -0.25) is 9.59 Å². The van der Waals surface area contributed by atoms with E-state index in [0.29, 0.717) is 18.0 Å². The third-order valence-electron chi connectivity index (χ3n) is 4.30. The Morgan fingerprint density at radius 2 is 1.54 bits per heavy atom. The standard InChI is InChI=1S/C21H25FN2O2/c1-14(2)15-3-5-16(6-4-15)19(23)13-24-21(26)12-11-20(25)17-7-9-18(22)10-8-17/h3-10,14,19H,11-13,23H2,1-2H3,(H,24,26). The van der Waals surface area contributed by atoms with Crippen LogP contribution in [0.1, 0.15) is 60.1 Å². The van der Waals surface area contributed by atoms with Gasteiger partial charge in [0, 0.05) is 31.0 Å². The zero-order chi connectivity index (χ0) is 19.1. The predicted molar refractivity (Wildman–Crippen MR) is 100 cm³/mol. The van der Waals surface area contributed by atoms with Gasteiger partial charge in [0.05, 0.1) is 0 Å². The smallest absolute Gasteiger partial charge is 0.220 e. The van der Waals surface area contributed by atoms with Crippen LogP contribution in [-0.4, -0.2) is 18.2 Å². The zero-order valence-corrected chi connectivity index (χ0v) is 15.2. The molecule has 0 saturated carbocycles. The Morgan fingerprint density at radius 1 is 0.962 bits per heavy atom. The average Bonchev–Trinajstić information content (AvgIpc) is 2.64. The van der Waals surface area contributed by atoms with Crippen LogP contribution >= 0.6 is 0 Å². The van der Waals surface area contributed by atoms with Crippen molar-refractivity contribution in [2.24, 2.45) is 5.73 Å². The molecule has 0 saturated heterocycles. The number of rotatable bonds is 8. The SMILES string of the molecule is CC(C)c1ccc(C(N)CNC(=O)CCC(=O)c2ccc(F)cc2)cc1. The van der Waals surface area contributed by atoms with Crippen molar-refractivity contribution in [3.8, 4) is 0 Å². The number of carbonyl (C=O) groups is 2. The fourth-order valence-corrected chi connectivity index (χ4v) is 2.57. The highest BCUT2D eigenvalue weighted by molar-refractivity contribution is 5.97. The summed E-state index contributed by atoms with van der Waals surface area (Å²) in [5.74, 6) is -0.350. The van der Waals surface area contributed by atoms with E-state index in [4.69, 9.17) is 5.73 Å². The molecule has 5 heteroatoms. The fourth-order valence-electron chi connectivity index (χ4n) is 2.57. The van der Waals surface area contributed by atoms with Gasteiger partial charge in [0.1, 0.15) is 5.82 Å². The molecule has 0 aromatic heterocycles. The molecule has 2 rings (SSSR count). The van der Waals surface area contributed by atoms with Gasteiger partial charge in [0.15, 0.2) is 5.78 Å². The van der Waals surface area contributed by atoms with Crippen LogP contribution in [0, 0.1) is 5.82 Å². The summed E-state index contributed by atoms with van der Waals surface area (Å²) in [5.41, 5.74) is 8.71. The molecule has 0 heterocycles. The number of benzene rings is 2. The number of carbonyl (C=O) groups excluding carboxylic acids is 2. The van der Waals surface area contributed by atoms with Crippen LogP contribution in [0.4, 0.5) is 4.39 Å². The van der Waals surface area contributed by atoms with Crippen molar-refractivity contribution < 1.29 is 14.0 Å². The Labute approximate surface area is 153 Å². The Kier molecular flexibility index (Phi) is 7.04. The molecule has 0 bridgehead atoms. The van der Waals surface area contributed by atoms with E-state index in [1.165, 1.54) is 29.8 Å². The van der Waals surface area contributed by atoms with Gasteiger partial charge in [-0.15, -0.1) is 0 Å². The highest BCUT2D eigenvalue weighted by Crippen LogP contribution is 2.17. The van der Waals surface area contributed by atoms with Crippen LogP contribution in [0.2, 0.25) is 0 Å². The van der Waals surface area contributed by atoms with Gasteiger partial charge in [0.2, 0.25) is 5.91 Å². The van der Waals surface area contributed by atoms with Gasteiger partial charge in [-0.25, -0.2) is 4.39 Å². The second kappa shape index (κ2) is 9.25. The molecule has 1 amide bonds. The molecule has 0 aliphatic heterocycles. The molecule has 1 atom stereocenters. The van der Waals surface area contributed by atoms with Gasteiger partial charge in [0.25, 0.3) is 0 Å². The van der Waals surface area contributed by atoms with Gasteiger partial charge in [-0.05, 0) is 41.3 Å². The Hall–Kier alpha value is -2.53. The normalized spacial score (nSPS) is 12.0. The summed E-state index contributed by atoms with van der Waals surface area (Å²) in [6.45, 7) is 4.56. The van der Waals surface area contributed by atoms with E-state index >= 15 is 0 Å². The molecule has 0 aliphatic rings. The summed E-state index contributed by atoms with van der Waals surface area (Å²) < 4.78 is 12.9. The van der Waals surface area contributed by atoms with Crippen LogP contribution in [0.3, 0.4) is 0 Å². The summed E-state index contributed by atoms with van der Waals surface area (Å²) in [7, 11) is 0. The van der Waals surface area contributed by atoms with Crippen molar-refractivity contribution in [2.45, 2.75) is 38.6 Å². The molecule has 0 fully saturated rings. The predicted octanol–water partition coefficient (Wildman–Crippen LogP) is 3.73. The van der Waals surface area contributed by atoms with Gasteiger partial charge < -0.3 is 11.1 Å². The molecule has 2 aromatic carbocycles. The summed E-state index contributed by atoms with van der Waals surface area (Å²) in [6.07, 6.45) is 0.158. The van der Waals surface area contributed by atoms with Crippen molar-refractivity contribution in [1.82, 2.24) is 5.32 Å². The largest absolute Gasteiger partial charge is 0.354 e. The Morgan fingerprint density at radius 3 is 2.12 bits per heavy atom. The maximum atomic E-state index is 12.9. The quantitative estimate of drug-likeness (QED) is 0.708. The molecule has 0 radical (unpaired) electrons. The zero-order valence-electron chi connectivity index (χ0n) is 15.2. The molecule has 1 unspecified atom stereocenters. The third kappa shape index (κ3) is 5.77. The summed E-state index contributed by atoms with van der Waals surface area (Å²) in [6, 6.07) is 13.1. The topological polar surface area (TPSA) is 72.2 Å². The Balaban J connectivity index is 1.77. The third-order valence-corrected chi connectivity index (χ3v) is 4.30. The van der Waals surface area contributed by atoms with Gasteiger partial charge in [-0.2, -0.15) is 0 Å². The van der Waals surface area contributed by atoms with Crippen LogP contribution in [0.15, 0.2) is 48.5 Å². The first-order valence-electron chi connectivity index (χ1n) is 8.77. The minimum atomic E-state index is -0.394. The first-order valence-corrected chi connectivity index (χ1v) is 8.77. The number of amides is 1. The van der Waals surface area contributed by atoms with Crippen molar-refractivity contribution in [3.63, 3.8) is 0 Å². The fraction of sp³-hybridized carbons (Fsp3) is 0.333. The molecule has 26 heavy (non-hydrogen) atoms. The molecular formula is C21H25FN2O2. The van der Waals surface area contributed by atoms with Crippen molar-refractivity contribution in [1.29, 1.82) is 0 Å². The minimum absolute atomic E-state index is 0.0786. The number of halogens is 1. The first kappa shape index (κ1) is 19.8. The summed E-state index contributed by atoms with van der Waals surface area (Å²) >= 11 is 0. The van der Waals surface area contributed by atoms with E-state index in [1.54, 1.807) is 0 Å². The van der Waals surface area contributed by atoms with E-state index in [9.17, 15) is 14.0 Å². The first-order chi connectivity index (χ1) is 12.4. The maximum Gasteiger partial charge on any atom is 0.220 e. The van der Waals surface area contributed by atoms with Crippen molar-refractivity contribution in [2.75, 3.05) is 6.54 Å². The molecule has 4 nitrogen and oxygen atoms in total. The lowest BCUT2D eigenvalue weighted by atomic mass is 9.99. The van der Waals surface area contributed by atoms with Crippen LogP contribution in [-0.2, 0) is 4.79 Å². The second-order valence-corrected chi connectivity index (χ2v) is 6.66. The van der Waals surface area contributed by atoms with Crippen molar-refractivity contribution in [3.05, 3.63) is 71.0 Å². The number of hydrogen-bond acceptors (Lipinski definition) is 3. The van der Waals surface area contributed by atoms with Crippen LogP contribution in [0.5, 0.6) is 0 Å². The molecule has 3 N–H and O–H groups in total. The minimum Gasteiger partial charge on any atom is -0.354 e. The highest BCUT2D eigenvalue weighted by atomic mass is 19.1. The number of nitrogens with one attached hydrogen (secondary N) is 1. The highest BCUT2D eigenvalue weighted by Gasteiger charge is 2.12. The van der Waals surface area contributed by atoms with Crippen LogP contribution in [0.25, 0.3) is 0 Å². The summed E-state index contributed by atoms with van der Waals surface area (Å²) in [4.78, 5) is 23.9. The summed E-state index contributed by atoms with van der Waals surface area (Å²) in [5, 5.41) is 2.76. The molecule has 0 spiro atoms. The van der Waals surface area contributed by atoms with Crippen molar-refractivity contribution >= 4 is 11.7 Å². The molecule has 2 aromatic rings. The number of nitrogens with two attached hydrogens (primary N) is 1. The molecule has 138 valence electrons. The lowest BCUT2D eigenvalue weighted by Crippen LogP contribution is -2.32. The lowest BCUT2D eigenvalue weighted by molar-refractivity contribution is -0.121. The second-order valence-electron chi connectivity index (χ2n) is 6.66. The monoisotopic (exact) mass is 356 g/mol. The average molecular weight is 356 g/mol.